The Morgan fingerprint density at radius 2 is 2.04 bits per heavy atom. The zero-order chi connectivity index (χ0) is 19.4. The van der Waals surface area contributed by atoms with Gasteiger partial charge in [0.1, 0.15) is 0 Å². The summed E-state index contributed by atoms with van der Waals surface area (Å²) in [5.41, 5.74) is 4.59. The minimum absolute atomic E-state index is 0.0263. The lowest BCUT2D eigenvalue weighted by atomic mass is 10.0. The van der Waals surface area contributed by atoms with Gasteiger partial charge in [0.2, 0.25) is 0 Å². The molecule has 1 atom stereocenters. The second kappa shape index (κ2) is 8.16. The van der Waals surface area contributed by atoms with Crippen LogP contribution in [0, 0.1) is 6.92 Å². The molecule has 0 saturated heterocycles. The second-order valence-electron chi connectivity index (χ2n) is 6.89. The van der Waals surface area contributed by atoms with Crippen LogP contribution in [0.3, 0.4) is 0 Å². The number of hydrogen-bond donors (Lipinski definition) is 0. The Labute approximate surface area is 160 Å². The number of carbonyl (C=O) groups is 1. The fraction of sp³-hybridized carbons (Fsp3) is 0.318. The van der Waals surface area contributed by atoms with E-state index in [0.29, 0.717) is 12.1 Å². The van der Waals surface area contributed by atoms with E-state index in [1.165, 1.54) is 0 Å². The summed E-state index contributed by atoms with van der Waals surface area (Å²) in [5.74, 6) is 0.0263. The Kier molecular flexibility index (Phi) is 5.69. The lowest BCUT2D eigenvalue weighted by Gasteiger charge is -2.28. The molecule has 0 N–H and O–H groups in total. The Hall–Kier alpha value is -2.95. The van der Waals surface area contributed by atoms with Crippen LogP contribution in [0.2, 0.25) is 0 Å². The van der Waals surface area contributed by atoms with Gasteiger partial charge in [-0.3, -0.25) is 14.5 Å². The maximum absolute atomic E-state index is 13.3. The van der Waals surface area contributed by atoms with Crippen LogP contribution in [0.1, 0.15) is 42.0 Å². The Morgan fingerprint density at radius 3 is 2.67 bits per heavy atom. The number of rotatable bonds is 6. The van der Waals surface area contributed by atoms with Crippen LogP contribution in [0.4, 0.5) is 0 Å². The lowest BCUT2D eigenvalue weighted by Crippen LogP contribution is -2.38. The molecule has 5 nitrogen and oxygen atoms in total. The van der Waals surface area contributed by atoms with Crippen LogP contribution in [0.25, 0.3) is 11.1 Å². The van der Waals surface area contributed by atoms with Crippen molar-refractivity contribution in [2.75, 3.05) is 0 Å². The van der Waals surface area contributed by atoms with Gasteiger partial charge in [0.15, 0.2) is 0 Å². The van der Waals surface area contributed by atoms with Crippen molar-refractivity contribution in [3.63, 3.8) is 0 Å². The molecule has 0 unspecified atom stereocenters. The number of aromatic nitrogens is 3. The summed E-state index contributed by atoms with van der Waals surface area (Å²) in [5, 5.41) is 4.41. The fourth-order valence-corrected chi connectivity index (χ4v) is 3.18. The van der Waals surface area contributed by atoms with Crippen molar-refractivity contribution in [1.29, 1.82) is 0 Å². The molecule has 0 fully saturated rings. The van der Waals surface area contributed by atoms with E-state index in [-0.39, 0.29) is 11.9 Å². The number of benzene rings is 1. The van der Waals surface area contributed by atoms with E-state index >= 15 is 0 Å². The summed E-state index contributed by atoms with van der Waals surface area (Å²) in [6, 6.07) is 13.7. The summed E-state index contributed by atoms with van der Waals surface area (Å²) >= 11 is 0. The zero-order valence-corrected chi connectivity index (χ0v) is 16.4. The average molecular weight is 362 g/mol. The monoisotopic (exact) mass is 362 g/mol. The zero-order valence-electron chi connectivity index (χ0n) is 16.4. The predicted octanol–water partition coefficient (Wildman–Crippen LogP) is 4.23. The number of pyridine rings is 1. The molecule has 3 rings (SSSR count). The molecule has 0 aliphatic rings. The van der Waals surface area contributed by atoms with Gasteiger partial charge in [0.25, 0.3) is 5.91 Å². The van der Waals surface area contributed by atoms with Crippen LogP contribution < -0.4 is 0 Å². The second-order valence-corrected chi connectivity index (χ2v) is 6.89. The first-order valence-electron chi connectivity index (χ1n) is 9.31. The van der Waals surface area contributed by atoms with Crippen LogP contribution in [-0.2, 0) is 13.6 Å². The smallest absolute Gasteiger partial charge is 0.254 e. The predicted molar refractivity (Wildman–Crippen MR) is 107 cm³/mol. The van der Waals surface area contributed by atoms with Gasteiger partial charge in [-0.15, -0.1) is 0 Å². The van der Waals surface area contributed by atoms with E-state index in [1.54, 1.807) is 10.9 Å². The third kappa shape index (κ3) is 4.25. The first kappa shape index (κ1) is 18.8. The molecule has 0 bridgehead atoms. The van der Waals surface area contributed by atoms with Crippen molar-refractivity contribution in [2.45, 2.75) is 39.8 Å². The molecule has 2 heterocycles. The maximum Gasteiger partial charge on any atom is 0.254 e. The van der Waals surface area contributed by atoms with E-state index in [1.807, 2.05) is 67.5 Å². The van der Waals surface area contributed by atoms with E-state index < -0.39 is 0 Å². The van der Waals surface area contributed by atoms with E-state index in [9.17, 15) is 4.79 Å². The number of aryl methyl sites for hydroxylation is 2. The van der Waals surface area contributed by atoms with Crippen molar-refractivity contribution < 1.29 is 4.79 Å². The Balaban J connectivity index is 1.92. The van der Waals surface area contributed by atoms with Gasteiger partial charge in [-0.2, -0.15) is 5.10 Å². The summed E-state index contributed by atoms with van der Waals surface area (Å²) in [4.78, 5) is 19.6. The van der Waals surface area contributed by atoms with Gasteiger partial charge in [-0.25, -0.2) is 0 Å². The molecular formula is C22H26N4O. The number of carbonyl (C=O) groups excluding carboxylic acids is 1. The van der Waals surface area contributed by atoms with Crippen LogP contribution >= 0.6 is 0 Å². The molecule has 0 aliphatic carbocycles. The molecule has 2 aromatic heterocycles. The highest BCUT2D eigenvalue weighted by Gasteiger charge is 2.22. The topological polar surface area (TPSA) is 51.0 Å². The molecule has 140 valence electrons. The van der Waals surface area contributed by atoms with Gasteiger partial charge in [0.05, 0.1) is 17.9 Å². The van der Waals surface area contributed by atoms with Gasteiger partial charge >= 0.3 is 0 Å². The van der Waals surface area contributed by atoms with E-state index in [0.717, 1.165) is 28.9 Å². The maximum atomic E-state index is 13.3. The van der Waals surface area contributed by atoms with Gasteiger partial charge in [0, 0.05) is 36.6 Å². The summed E-state index contributed by atoms with van der Waals surface area (Å²) in [6.07, 6.45) is 4.64. The molecule has 1 amide bonds. The van der Waals surface area contributed by atoms with Crippen molar-refractivity contribution in [1.82, 2.24) is 19.7 Å². The molecule has 3 aromatic rings. The third-order valence-electron chi connectivity index (χ3n) is 4.88. The molecule has 0 aliphatic heterocycles. The summed E-state index contributed by atoms with van der Waals surface area (Å²) < 4.78 is 1.80. The molecule has 0 saturated carbocycles. The van der Waals surface area contributed by atoms with Gasteiger partial charge in [-0.1, -0.05) is 25.1 Å². The normalized spacial score (nSPS) is 12.0. The quantitative estimate of drug-likeness (QED) is 0.659. The van der Waals surface area contributed by atoms with Crippen molar-refractivity contribution in [3.05, 3.63) is 71.8 Å². The van der Waals surface area contributed by atoms with E-state index in [2.05, 4.69) is 23.9 Å². The molecule has 27 heavy (non-hydrogen) atoms. The van der Waals surface area contributed by atoms with Crippen LogP contribution in [-0.4, -0.2) is 31.6 Å². The fourth-order valence-electron chi connectivity index (χ4n) is 3.18. The first-order valence-corrected chi connectivity index (χ1v) is 9.31. The van der Waals surface area contributed by atoms with Gasteiger partial charge in [-0.05, 0) is 50.1 Å². The minimum atomic E-state index is 0.0263. The lowest BCUT2D eigenvalue weighted by molar-refractivity contribution is 0.0669. The standard InChI is InChI=1S/C22H26N4O/c1-5-16(2)26(14-20-11-6-7-12-23-20)22(27)19-10-8-9-18(13-19)21-15-25(4)24-17(21)3/h6-13,15-16H,5,14H2,1-4H3/t16-/m1/s1. The SMILES string of the molecule is CC[C@@H](C)N(Cc1ccccn1)C(=O)c1cccc(-c2cn(C)nc2C)c1. The van der Waals surface area contributed by atoms with Crippen LogP contribution in [0.15, 0.2) is 54.9 Å². The van der Waals surface area contributed by atoms with Crippen molar-refractivity contribution in [2.24, 2.45) is 7.05 Å². The summed E-state index contributed by atoms with van der Waals surface area (Å²) in [7, 11) is 1.91. The number of amides is 1. The Bertz CT molecular complexity index is 917. The minimum Gasteiger partial charge on any atom is -0.330 e. The molecular weight excluding hydrogens is 336 g/mol. The Morgan fingerprint density at radius 1 is 1.22 bits per heavy atom. The summed E-state index contributed by atoms with van der Waals surface area (Å²) in [6.45, 7) is 6.66. The molecule has 1 aromatic carbocycles. The molecule has 0 radical (unpaired) electrons. The average Bonchev–Trinajstić information content (AvgIpc) is 3.04. The van der Waals surface area contributed by atoms with Crippen LogP contribution in [0.5, 0.6) is 0 Å². The first-order chi connectivity index (χ1) is 13.0. The van der Waals surface area contributed by atoms with Crippen molar-refractivity contribution >= 4 is 5.91 Å². The largest absolute Gasteiger partial charge is 0.330 e. The van der Waals surface area contributed by atoms with Crippen molar-refractivity contribution in [3.8, 4) is 11.1 Å². The molecule has 5 heteroatoms. The molecule has 0 spiro atoms. The number of hydrogen-bond acceptors (Lipinski definition) is 3. The highest BCUT2D eigenvalue weighted by molar-refractivity contribution is 5.95. The van der Waals surface area contributed by atoms with E-state index in [4.69, 9.17) is 0 Å². The van der Waals surface area contributed by atoms with Gasteiger partial charge < -0.3 is 4.90 Å². The highest BCUT2D eigenvalue weighted by atomic mass is 16.2. The highest BCUT2D eigenvalue weighted by Crippen LogP contribution is 2.24. The third-order valence-corrected chi connectivity index (χ3v) is 4.88. The number of nitrogens with zero attached hydrogens (tertiary/aromatic N) is 4.